The van der Waals surface area contributed by atoms with E-state index in [1.165, 1.54) is 6.92 Å². The maximum Gasteiger partial charge on any atom is 0.340 e. The Hall–Kier alpha value is -2.89. The summed E-state index contributed by atoms with van der Waals surface area (Å²) in [4.78, 5) is 38.0. The molecular weight excluding hydrogens is 394 g/mol. The Bertz CT molecular complexity index is 951. The van der Waals surface area contributed by atoms with Crippen molar-refractivity contribution in [3.05, 3.63) is 58.4 Å². The zero-order chi connectivity index (χ0) is 23.3. The second-order valence-corrected chi connectivity index (χ2v) is 8.73. The standard InChI is InChI=1S/C25H33NO5/c1-8-30-24(29)22-16(2)17(3)26(15-19-12-10-9-11-13-19)21(22)14-20(18(4)27)23(28)31-25(5,6)7/h9-13,20H,8,14-15H2,1-7H3. The third kappa shape index (κ3) is 6.06. The summed E-state index contributed by atoms with van der Waals surface area (Å²) in [6.45, 7) is 13.0. The molecule has 2 rings (SSSR count). The summed E-state index contributed by atoms with van der Waals surface area (Å²) < 4.78 is 12.8. The highest BCUT2D eigenvalue weighted by Gasteiger charge is 2.33. The van der Waals surface area contributed by atoms with Crippen LogP contribution in [0.15, 0.2) is 30.3 Å². The second kappa shape index (κ2) is 9.94. The predicted octanol–water partition coefficient (Wildman–Crippen LogP) is 4.42. The molecule has 6 nitrogen and oxygen atoms in total. The van der Waals surface area contributed by atoms with E-state index in [1.807, 2.05) is 48.7 Å². The van der Waals surface area contributed by atoms with Crippen molar-refractivity contribution in [2.75, 3.05) is 6.61 Å². The smallest absolute Gasteiger partial charge is 0.340 e. The molecule has 1 aromatic heterocycles. The van der Waals surface area contributed by atoms with E-state index in [-0.39, 0.29) is 18.8 Å². The average Bonchev–Trinajstić information content (AvgIpc) is 2.89. The van der Waals surface area contributed by atoms with E-state index >= 15 is 0 Å². The first-order valence-electron chi connectivity index (χ1n) is 10.6. The lowest BCUT2D eigenvalue weighted by atomic mass is 9.96. The van der Waals surface area contributed by atoms with Crippen LogP contribution in [0.4, 0.5) is 0 Å². The van der Waals surface area contributed by atoms with Gasteiger partial charge in [0, 0.05) is 24.4 Å². The highest BCUT2D eigenvalue weighted by Crippen LogP contribution is 2.28. The lowest BCUT2D eigenvalue weighted by Gasteiger charge is -2.23. The molecule has 0 aliphatic rings. The number of benzene rings is 1. The summed E-state index contributed by atoms with van der Waals surface area (Å²) in [5.74, 6) is -2.34. The molecule has 31 heavy (non-hydrogen) atoms. The summed E-state index contributed by atoms with van der Waals surface area (Å²) in [6, 6.07) is 9.84. The van der Waals surface area contributed by atoms with Crippen LogP contribution in [0.1, 0.15) is 67.5 Å². The molecule has 168 valence electrons. The van der Waals surface area contributed by atoms with Gasteiger partial charge in [0.25, 0.3) is 0 Å². The number of nitrogens with zero attached hydrogens (tertiary/aromatic N) is 1. The first-order chi connectivity index (χ1) is 14.5. The average molecular weight is 428 g/mol. The van der Waals surface area contributed by atoms with Crippen LogP contribution in [0.3, 0.4) is 0 Å². The highest BCUT2D eigenvalue weighted by molar-refractivity contribution is 5.99. The second-order valence-electron chi connectivity index (χ2n) is 8.73. The van der Waals surface area contributed by atoms with Crippen molar-refractivity contribution in [2.45, 2.75) is 67.0 Å². The molecule has 0 fully saturated rings. The zero-order valence-electron chi connectivity index (χ0n) is 19.6. The van der Waals surface area contributed by atoms with Gasteiger partial charge in [0.15, 0.2) is 0 Å². The number of hydrogen-bond acceptors (Lipinski definition) is 5. The maximum atomic E-state index is 12.8. The largest absolute Gasteiger partial charge is 0.462 e. The van der Waals surface area contributed by atoms with Gasteiger partial charge in [0.1, 0.15) is 17.3 Å². The Balaban J connectivity index is 2.57. The Labute approximate surface area is 184 Å². The summed E-state index contributed by atoms with van der Waals surface area (Å²) >= 11 is 0. The minimum Gasteiger partial charge on any atom is -0.462 e. The monoisotopic (exact) mass is 427 g/mol. The molecule has 0 aliphatic carbocycles. The Morgan fingerprint density at radius 1 is 1.06 bits per heavy atom. The molecule has 0 spiro atoms. The van der Waals surface area contributed by atoms with Crippen LogP contribution in [0.5, 0.6) is 0 Å². The number of Topliss-reactive ketones (excluding diaryl/α,β-unsaturated/α-hetero) is 1. The third-order valence-electron chi connectivity index (χ3n) is 5.18. The van der Waals surface area contributed by atoms with Gasteiger partial charge in [-0.05, 0) is 59.6 Å². The van der Waals surface area contributed by atoms with Crippen LogP contribution >= 0.6 is 0 Å². The molecule has 0 saturated heterocycles. The number of ether oxygens (including phenoxy) is 2. The number of rotatable bonds is 8. The van der Waals surface area contributed by atoms with Gasteiger partial charge in [-0.1, -0.05) is 30.3 Å². The zero-order valence-corrected chi connectivity index (χ0v) is 19.6. The predicted molar refractivity (Wildman–Crippen MR) is 119 cm³/mol. The van der Waals surface area contributed by atoms with Gasteiger partial charge in [-0.25, -0.2) is 4.79 Å². The van der Waals surface area contributed by atoms with Gasteiger partial charge in [-0.15, -0.1) is 0 Å². The first kappa shape index (κ1) is 24.4. The van der Waals surface area contributed by atoms with Crippen molar-refractivity contribution in [1.82, 2.24) is 4.57 Å². The SMILES string of the molecule is CCOC(=O)c1c(C)c(C)n(Cc2ccccc2)c1CC(C(C)=O)C(=O)OC(C)(C)C. The number of esters is 2. The Morgan fingerprint density at radius 2 is 1.68 bits per heavy atom. The fourth-order valence-corrected chi connectivity index (χ4v) is 3.56. The number of carbonyl (C=O) groups excluding carboxylic acids is 3. The maximum absolute atomic E-state index is 12.8. The molecule has 0 N–H and O–H groups in total. The third-order valence-corrected chi connectivity index (χ3v) is 5.18. The van der Waals surface area contributed by atoms with E-state index in [0.29, 0.717) is 17.8 Å². The minimum absolute atomic E-state index is 0.0694. The van der Waals surface area contributed by atoms with Crippen LogP contribution in [0.2, 0.25) is 0 Å². The van der Waals surface area contributed by atoms with E-state index in [0.717, 1.165) is 16.8 Å². The van der Waals surface area contributed by atoms with E-state index in [1.54, 1.807) is 27.7 Å². The molecule has 1 unspecified atom stereocenters. The van der Waals surface area contributed by atoms with E-state index < -0.39 is 23.5 Å². The normalized spacial score (nSPS) is 12.4. The molecule has 0 radical (unpaired) electrons. The molecule has 6 heteroatoms. The van der Waals surface area contributed by atoms with Gasteiger partial charge < -0.3 is 14.0 Å². The molecule has 0 bridgehead atoms. The molecule has 1 atom stereocenters. The van der Waals surface area contributed by atoms with Gasteiger partial charge in [0.2, 0.25) is 0 Å². The van der Waals surface area contributed by atoms with Crippen molar-refractivity contribution >= 4 is 17.7 Å². The van der Waals surface area contributed by atoms with Gasteiger partial charge in [-0.3, -0.25) is 9.59 Å². The molecular formula is C25H33NO5. The van der Waals surface area contributed by atoms with Crippen molar-refractivity contribution in [3.8, 4) is 0 Å². The fraction of sp³-hybridized carbons (Fsp3) is 0.480. The first-order valence-corrected chi connectivity index (χ1v) is 10.6. The minimum atomic E-state index is -1.00. The Morgan fingerprint density at radius 3 is 2.19 bits per heavy atom. The fourth-order valence-electron chi connectivity index (χ4n) is 3.56. The summed E-state index contributed by atoms with van der Waals surface area (Å²) in [6.07, 6.45) is 0.0694. The van der Waals surface area contributed by atoms with E-state index in [4.69, 9.17) is 9.47 Å². The highest BCUT2D eigenvalue weighted by atomic mass is 16.6. The lowest BCUT2D eigenvalue weighted by molar-refractivity contribution is -0.161. The van der Waals surface area contributed by atoms with Gasteiger partial charge >= 0.3 is 11.9 Å². The van der Waals surface area contributed by atoms with Crippen molar-refractivity contribution in [1.29, 1.82) is 0 Å². The quantitative estimate of drug-likeness (QED) is 0.461. The van der Waals surface area contributed by atoms with Crippen LogP contribution < -0.4 is 0 Å². The Kier molecular flexibility index (Phi) is 7.82. The topological polar surface area (TPSA) is 74.6 Å². The summed E-state index contributed by atoms with van der Waals surface area (Å²) in [5.41, 5.74) is 3.05. The lowest BCUT2D eigenvalue weighted by Crippen LogP contribution is -2.34. The molecule has 0 aliphatic heterocycles. The van der Waals surface area contributed by atoms with E-state index in [9.17, 15) is 14.4 Å². The van der Waals surface area contributed by atoms with Crippen molar-refractivity contribution in [3.63, 3.8) is 0 Å². The van der Waals surface area contributed by atoms with Crippen LogP contribution in [0, 0.1) is 19.8 Å². The summed E-state index contributed by atoms with van der Waals surface area (Å²) in [5, 5.41) is 0. The number of aromatic nitrogens is 1. The molecule has 0 saturated carbocycles. The van der Waals surface area contributed by atoms with Crippen LogP contribution in [0.25, 0.3) is 0 Å². The molecule has 1 heterocycles. The number of hydrogen-bond donors (Lipinski definition) is 0. The van der Waals surface area contributed by atoms with Crippen LogP contribution in [-0.2, 0) is 32.0 Å². The molecule has 1 aromatic carbocycles. The van der Waals surface area contributed by atoms with E-state index in [2.05, 4.69) is 0 Å². The molecule has 2 aromatic rings. The number of ketones is 1. The summed E-state index contributed by atoms with van der Waals surface area (Å²) in [7, 11) is 0. The van der Waals surface area contributed by atoms with Crippen molar-refractivity contribution in [2.24, 2.45) is 5.92 Å². The number of carbonyl (C=O) groups is 3. The molecule has 0 amide bonds. The van der Waals surface area contributed by atoms with Crippen molar-refractivity contribution < 1.29 is 23.9 Å². The van der Waals surface area contributed by atoms with Gasteiger partial charge in [0.05, 0.1) is 12.2 Å². The van der Waals surface area contributed by atoms with Gasteiger partial charge in [-0.2, -0.15) is 0 Å². The van der Waals surface area contributed by atoms with Crippen LogP contribution in [-0.4, -0.2) is 34.5 Å².